The summed E-state index contributed by atoms with van der Waals surface area (Å²) in [6.07, 6.45) is 2.55. The molecule has 1 atom stereocenters. The minimum absolute atomic E-state index is 0.00544. The van der Waals surface area contributed by atoms with Gasteiger partial charge in [-0.2, -0.15) is 0 Å². The third-order valence-electron chi connectivity index (χ3n) is 5.00. The van der Waals surface area contributed by atoms with E-state index in [1.807, 2.05) is 53.4 Å². The maximum atomic E-state index is 13.1. The van der Waals surface area contributed by atoms with Crippen LogP contribution in [0.2, 0.25) is 0 Å². The summed E-state index contributed by atoms with van der Waals surface area (Å²) in [5, 5.41) is 0. The number of benzene rings is 2. The summed E-state index contributed by atoms with van der Waals surface area (Å²) < 4.78 is 13.1. The summed E-state index contributed by atoms with van der Waals surface area (Å²) in [5.74, 6) is -0.176. The van der Waals surface area contributed by atoms with Crippen LogP contribution in [-0.4, -0.2) is 22.3 Å². The van der Waals surface area contributed by atoms with Crippen molar-refractivity contribution in [1.29, 1.82) is 0 Å². The number of rotatable bonds is 4. The van der Waals surface area contributed by atoms with Crippen LogP contribution in [0.1, 0.15) is 46.2 Å². The Bertz CT molecular complexity index is 925. The second-order valence-electron chi connectivity index (χ2n) is 6.88. The zero-order valence-corrected chi connectivity index (χ0v) is 15.0. The molecule has 0 unspecified atom stereocenters. The first kappa shape index (κ1) is 17.4. The quantitative estimate of drug-likeness (QED) is 0.670. The summed E-state index contributed by atoms with van der Waals surface area (Å²) >= 11 is 0. The fourth-order valence-electron chi connectivity index (χ4n) is 3.66. The molecule has 2 aromatic carbocycles. The highest BCUT2D eigenvalue weighted by atomic mass is 19.1. The molecule has 1 amide bonds. The molecule has 1 aliphatic heterocycles. The standard InChI is InChI=1S/C23H21FN2O/c24-19-13-11-17(12-14-19)16-20-8-4-9-21(25-20)22-10-5-15-26(22)23(27)18-6-2-1-3-7-18/h1-4,6-9,11-14,22H,5,10,15-16H2/t22-/m0/s1. The van der Waals surface area contributed by atoms with Crippen molar-refractivity contribution in [2.75, 3.05) is 6.54 Å². The third-order valence-corrected chi connectivity index (χ3v) is 5.00. The number of nitrogens with zero attached hydrogens (tertiary/aromatic N) is 2. The van der Waals surface area contributed by atoms with E-state index in [9.17, 15) is 9.18 Å². The largest absolute Gasteiger partial charge is 0.330 e. The van der Waals surface area contributed by atoms with E-state index in [0.29, 0.717) is 12.0 Å². The van der Waals surface area contributed by atoms with Gasteiger partial charge in [-0.15, -0.1) is 0 Å². The minimum Gasteiger partial charge on any atom is -0.330 e. The van der Waals surface area contributed by atoms with Gasteiger partial charge in [0.2, 0.25) is 0 Å². The molecule has 2 heterocycles. The van der Waals surface area contributed by atoms with Crippen LogP contribution >= 0.6 is 0 Å². The van der Waals surface area contributed by atoms with Gasteiger partial charge in [-0.05, 0) is 54.8 Å². The maximum Gasteiger partial charge on any atom is 0.254 e. The van der Waals surface area contributed by atoms with Crippen molar-refractivity contribution in [2.45, 2.75) is 25.3 Å². The number of amides is 1. The predicted molar refractivity (Wildman–Crippen MR) is 103 cm³/mol. The number of carbonyl (C=O) groups excluding carboxylic acids is 1. The fourth-order valence-corrected chi connectivity index (χ4v) is 3.66. The van der Waals surface area contributed by atoms with Crippen LogP contribution in [-0.2, 0) is 6.42 Å². The monoisotopic (exact) mass is 360 g/mol. The lowest BCUT2D eigenvalue weighted by Crippen LogP contribution is -2.31. The molecule has 0 aliphatic carbocycles. The van der Waals surface area contributed by atoms with Gasteiger partial charge in [-0.25, -0.2) is 4.39 Å². The molecule has 1 fully saturated rings. The van der Waals surface area contributed by atoms with Crippen molar-refractivity contribution in [3.8, 4) is 0 Å². The predicted octanol–water partition coefficient (Wildman–Crippen LogP) is 4.79. The van der Waals surface area contributed by atoms with Crippen LogP contribution < -0.4 is 0 Å². The number of halogens is 1. The highest BCUT2D eigenvalue weighted by molar-refractivity contribution is 5.94. The molecule has 0 radical (unpaired) electrons. The molecule has 0 spiro atoms. The number of hydrogen-bond acceptors (Lipinski definition) is 2. The van der Waals surface area contributed by atoms with Crippen LogP contribution in [0.5, 0.6) is 0 Å². The summed E-state index contributed by atoms with van der Waals surface area (Å²) in [5.41, 5.74) is 3.59. The van der Waals surface area contributed by atoms with Gasteiger partial charge in [-0.3, -0.25) is 9.78 Å². The highest BCUT2D eigenvalue weighted by Gasteiger charge is 2.31. The molecule has 3 aromatic rings. The fraction of sp³-hybridized carbons (Fsp3) is 0.217. The molecular formula is C23H21FN2O. The summed E-state index contributed by atoms with van der Waals surface area (Å²) in [6.45, 7) is 0.752. The normalized spacial score (nSPS) is 16.5. The Hall–Kier alpha value is -3.01. The third kappa shape index (κ3) is 3.90. The topological polar surface area (TPSA) is 33.2 Å². The molecule has 0 N–H and O–H groups in total. The number of hydrogen-bond donors (Lipinski definition) is 0. The molecule has 1 aliphatic rings. The van der Waals surface area contributed by atoms with Crippen molar-refractivity contribution in [3.05, 3.63) is 101 Å². The molecule has 1 aromatic heterocycles. The highest BCUT2D eigenvalue weighted by Crippen LogP contribution is 2.32. The Labute approximate surface area is 158 Å². The average Bonchev–Trinajstić information content (AvgIpc) is 3.20. The zero-order valence-electron chi connectivity index (χ0n) is 15.0. The molecule has 1 saturated heterocycles. The van der Waals surface area contributed by atoms with Crippen LogP contribution in [0.4, 0.5) is 4.39 Å². The Morgan fingerprint density at radius 2 is 1.78 bits per heavy atom. The molecule has 4 heteroatoms. The Morgan fingerprint density at radius 1 is 1.00 bits per heavy atom. The second-order valence-corrected chi connectivity index (χ2v) is 6.88. The molecule has 0 bridgehead atoms. The van der Waals surface area contributed by atoms with E-state index >= 15 is 0 Å². The molecule has 3 nitrogen and oxygen atoms in total. The van der Waals surface area contributed by atoms with Gasteiger partial charge in [-0.1, -0.05) is 36.4 Å². The molecule has 4 rings (SSSR count). The van der Waals surface area contributed by atoms with Crippen LogP contribution in [0.3, 0.4) is 0 Å². The number of pyridine rings is 1. The number of likely N-dealkylation sites (tertiary alicyclic amines) is 1. The van der Waals surface area contributed by atoms with Crippen molar-refractivity contribution >= 4 is 5.91 Å². The van der Waals surface area contributed by atoms with Crippen LogP contribution in [0, 0.1) is 5.82 Å². The zero-order chi connectivity index (χ0) is 18.6. The Morgan fingerprint density at radius 3 is 2.56 bits per heavy atom. The SMILES string of the molecule is O=C(c1ccccc1)N1CCC[C@H]1c1cccc(Cc2ccc(F)cc2)n1. The smallest absolute Gasteiger partial charge is 0.254 e. The van der Waals surface area contributed by atoms with Gasteiger partial charge in [0.05, 0.1) is 11.7 Å². The van der Waals surface area contributed by atoms with Gasteiger partial charge in [0, 0.05) is 24.2 Å². The summed E-state index contributed by atoms with van der Waals surface area (Å²) in [7, 11) is 0. The first-order valence-electron chi connectivity index (χ1n) is 9.27. The van der Waals surface area contributed by atoms with Gasteiger partial charge >= 0.3 is 0 Å². The van der Waals surface area contributed by atoms with Gasteiger partial charge in [0.25, 0.3) is 5.91 Å². The van der Waals surface area contributed by atoms with E-state index in [1.165, 1.54) is 12.1 Å². The van der Waals surface area contributed by atoms with Crippen molar-refractivity contribution < 1.29 is 9.18 Å². The first-order valence-corrected chi connectivity index (χ1v) is 9.27. The van der Waals surface area contributed by atoms with Crippen LogP contribution in [0.25, 0.3) is 0 Å². The number of carbonyl (C=O) groups is 1. The van der Waals surface area contributed by atoms with Crippen molar-refractivity contribution in [1.82, 2.24) is 9.88 Å². The van der Waals surface area contributed by atoms with E-state index in [0.717, 1.165) is 36.3 Å². The van der Waals surface area contributed by atoms with Gasteiger partial charge in [0.1, 0.15) is 5.82 Å². The number of aromatic nitrogens is 1. The molecule has 136 valence electrons. The van der Waals surface area contributed by atoms with E-state index in [2.05, 4.69) is 0 Å². The molecule has 27 heavy (non-hydrogen) atoms. The maximum absolute atomic E-state index is 13.1. The molecular weight excluding hydrogens is 339 g/mol. The van der Waals surface area contributed by atoms with E-state index in [4.69, 9.17) is 4.98 Å². The summed E-state index contributed by atoms with van der Waals surface area (Å²) in [4.78, 5) is 19.6. The van der Waals surface area contributed by atoms with E-state index in [1.54, 1.807) is 12.1 Å². The van der Waals surface area contributed by atoms with Crippen molar-refractivity contribution in [3.63, 3.8) is 0 Å². The van der Waals surface area contributed by atoms with Crippen LogP contribution in [0.15, 0.2) is 72.8 Å². The second kappa shape index (κ2) is 7.70. The minimum atomic E-state index is -0.235. The Kier molecular flexibility index (Phi) is 4.97. The first-order chi connectivity index (χ1) is 13.2. The van der Waals surface area contributed by atoms with E-state index < -0.39 is 0 Å². The Balaban J connectivity index is 1.55. The lowest BCUT2D eigenvalue weighted by atomic mass is 10.1. The molecule has 0 saturated carbocycles. The van der Waals surface area contributed by atoms with Crippen molar-refractivity contribution in [2.24, 2.45) is 0 Å². The van der Waals surface area contributed by atoms with Gasteiger partial charge in [0.15, 0.2) is 0 Å². The average molecular weight is 360 g/mol. The lowest BCUT2D eigenvalue weighted by molar-refractivity contribution is 0.0733. The summed E-state index contributed by atoms with van der Waals surface area (Å²) in [6, 6.07) is 21.9. The van der Waals surface area contributed by atoms with Gasteiger partial charge < -0.3 is 4.90 Å². The van der Waals surface area contributed by atoms with E-state index in [-0.39, 0.29) is 17.8 Å². The lowest BCUT2D eigenvalue weighted by Gasteiger charge is -2.24.